The minimum Gasteiger partial charge on any atom is -0.339 e. The van der Waals surface area contributed by atoms with Gasteiger partial charge in [-0.3, -0.25) is 0 Å². The molecule has 0 aliphatic carbocycles. The molecule has 0 unspecified atom stereocenters. The summed E-state index contributed by atoms with van der Waals surface area (Å²) in [6.07, 6.45) is 3.24. The first kappa shape index (κ1) is 8.53. The van der Waals surface area contributed by atoms with E-state index in [4.69, 9.17) is 15.7 Å². The number of nitrogens with one attached hydrogen (secondary N) is 1. The minimum absolute atomic E-state index is 0.638. The first-order valence-electron chi connectivity index (χ1n) is 4.52. The monoisotopic (exact) mass is 189 g/mol. The summed E-state index contributed by atoms with van der Waals surface area (Å²) in [7, 11) is 11.6. The van der Waals surface area contributed by atoms with E-state index >= 15 is 0 Å². The number of aromatic amines is 1. The summed E-state index contributed by atoms with van der Waals surface area (Å²) in [6.45, 7) is 0. The second-order valence-corrected chi connectivity index (χ2v) is 3.44. The minimum atomic E-state index is 0.638. The lowest BCUT2D eigenvalue weighted by molar-refractivity contribution is 1.21. The van der Waals surface area contributed by atoms with Crippen molar-refractivity contribution in [3.05, 3.63) is 24.7 Å². The fraction of sp³-hybridized carbons (Fsp3) is 0. The molecule has 2 aromatic heterocycles. The molecule has 0 fully saturated rings. The van der Waals surface area contributed by atoms with Gasteiger partial charge >= 0.3 is 0 Å². The average molecular weight is 189 g/mol. The average Bonchev–Trinajstić information content (AvgIpc) is 2.54. The van der Waals surface area contributed by atoms with Crippen molar-refractivity contribution in [2.75, 3.05) is 0 Å². The Labute approximate surface area is 88.7 Å². The Kier molecular flexibility index (Phi) is 1.63. The van der Waals surface area contributed by atoms with Crippen LogP contribution < -0.4 is 10.9 Å². The van der Waals surface area contributed by atoms with Crippen molar-refractivity contribution in [1.82, 2.24) is 15.0 Å². The van der Waals surface area contributed by atoms with Gasteiger partial charge in [-0.25, -0.2) is 9.97 Å². The molecule has 5 heteroatoms. The van der Waals surface area contributed by atoms with E-state index in [1.807, 2.05) is 6.07 Å². The van der Waals surface area contributed by atoms with Crippen LogP contribution in [-0.4, -0.2) is 30.6 Å². The Morgan fingerprint density at radius 3 is 2.93 bits per heavy atom. The second kappa shape index (κ2) is 2.86. The predicted molar refractivity (Wildman–Crippen MR) is 62.2 cm³/mol. The van der Waals surface area contributed by atoms with Crippen LogP contribution in [0.5, 0.6) is 0 Å². The Morgan fingerprint density at radius 1 is 1.20 bits per heavy atom. The highest BCUT2D eigenvalue weighted by atomic mass is 14.9. The van der Waals surface area contributed by atoms with E-state index in [-0.39, 0.29) is 0 Å². The third-order valence-electron chi connectivity index (χ3n) is 2.43. The van der Waals surface area contributed by atoms with Crippen LogP contribution in [0.1, 0.15) is 0 Å². The number of H-pyrrole nitrogens is 1. The molecule has 4 radical (unpaired) electrons. The van der Waals surface area contributed by atoms with E-state index in [1.54, 1.807) is 12.3 Å². The van der Waals surface area contributed by atoms with Gasteiger partial charge in [0.15, 0.2) is 0 Å². The number of aromatic nitrogens is 3. The van der Waals surface area contributed by atoms with Crippen molar-refractivity contribution >= 4 is 48.6 Å². The number of nitrogens with zero attached hydrogens (tertiary/aromatic N) is 2. The first-order chi connectivity index (χ1) is 7.25. The molecule has 3 aromatic rings. The molecule has 15 heavy (non-hydrogen) atoms. The molecule has 0 amide bonds. The van der Waals surface area contributed by atoms with Crippen LogP contribution in [0.3, 0.4) is 0 Å². The quantitative estimate of drug-likeness (QED) is 0.493. The molecular formula is C10H5B2N3. The molecule has 2 heterocycles. The van der Waals surface area contributed by atoms with Gasteiger partial charge in [-0.2, -0.15) is 0 Å². The van der Waals surface area contributed by atoms with E-state index in [0.29, 0.717) is 10.9 Å². The first-order valence-corrected chi connectivity index (χ1v) is 4.52. The lowest BCUT2D eigenvalue weighted by atomic mass is 9.84. The van der Waals surface area contributed by atoms with Crippen LogP contribution in [0.25, 0.3) is 21.9 Å². The summed E-state index contributed by atoms with van der Waals surface area (Å²) in [5.41, 5.74) is 2.95. The standard InChI is InChI=1S/C10H5B2N3/c11-5-1-7(12)9-6-3-13-4-14-10(6)15-8(9)2-5/h1-4H,(H,13,14,15). The Morgan fingerprint density at radius 2 is 2.07 bits per heavy atom. The van der Waals surface area contributed by atoms with Crippen molar-refractivity contribution in [3.63, 3.8) is 0 Å². The van der Waals surface area contributed by atoms with Gasteiger partial charge in [0.1, 0.15) is 27.7 Å². The number of benzene rings is 1. The molecule has 0 spiro atoms. The molecule has 0 saturated heterocycles. The molecule has 0 aliphatic heterocycles. The largest absolute Gasteiger partial charge is 0.339 e. The summed E-state index contributed by atoms with van der Waals surface area (Å²) < 4.78 is 0. The molecule has 66 valence electrons. The number of fused-ring (bicyclic) bond motifs is 3. The summed E-state index contributed by atoms with van der Waals surface area (Å²) in [4.78, 5) is 11.3. The SMILES string of the molecule is [B]c1cc([B])c2c(c1)[nH]c1ncncc12. The van der Waals surface area contributed by atoms with Gasteiger partial charge in [0.05, 0.1) is 0 Å². The van der Waals surface area contributed by atoms with Crippen molar-refractivity contribution in [1.29, 1.82) is 0 Å². The zero-order valence-corrected chi connectivity index (χ0v) is 7.86. The number of hydrogen-bond donors (Lipinski definition) is 1. The number of hydrogen-bond acceptors (Lipinski definition) is 2. The topological polar surface area (TPSA) is 41.6 Å². The fourth-order valence-electron chi connectivity index (χ4n) is 1.83. The Bertz CT molecular complexity index is 660. The lowest BCUT2D eigenvalue weighted by Crippen LogP contribution is -2.13. The summed E-state index contributed by atoms with van der Waals surface area (Å²) in [5.74, 6) is 0. The highest BCUT2D eigenvalue weighted by Crippen LogP contribution is 2.19. The Hall–Kier alpha value is -1.77. The molecule has 0 bridgehead atoms. The molecule has 0 saturated carbocycles. The van der Waals surface area contributed by atoms with E-state index in [2.05, 4.69) is 15.0 Å². The predicted octanol–water partition coefficient (Wildman–Crippen LogP) is -0.301. The van der Waals surface area contributed by atoms with E-state index in [9.17, 15) is 0 Å². The zero-order valence-electron chi connectivity index (χ0n) is 7.86. The van der Waals surface area contributed by atoms with Crippen LogP contribution >= 0.6 is 0 Å². The smallest absolute Gasteiger partial charge is 0.141 e. The van der Waals surface area contributed by atoms with Gasteiger partial charge in [0.25, 0.3) is 0 Å². The number of rotatable bonds is 0. The molecule has 3 nitrogen and oxygen atoms in total. The zero-order chi connectivity index (χ0) is 10.4. The van der Waals surface area contributed by atoms with Gasteiger partial charge in [0, 0.05) is 22.5 Å². The van der Waals surface area contributed by atoms with Crippen molar-refractivity contribution in [3.8, 4) is 0 Å². The Balaban J connectivity index is 2.61. The van der Waals surface area contributed by atoms with Gasteiger partial charge in [0.2, 0.25) is 0 Å². The van der Waals surface area contributed by atoms with Crippen molar-refractivity contribution in [2.45, 2.75) is 0 Å². The van der Waals surface area contributed by atoms with Gasteiger partial charge < -0.3 is 4.98 Å². The maximum Gasteiger partial charge on any atom is 0.141 e. The van der Waals surface area contributed by atoms with Gasteiger partial charge in [-0.05, 0) is 6.07 Å². The fourth-order valence-corrected chi connectivity index (χ4v) is 1.83. The van der Waals surface area contributed by atoms with E-state index < -0.39 is 0 Å². The molecule has 3 rings (SSSR count). The normalized spacial score (nSPS) is 11.2. The maximum absolute atomic E-state index is 5.91. The molecular weight excluding hydrogens is 184 g/mol. The van der Waals surface area contributed by atoms with Crippen molar-refractivity contribution in [2.24, 2.45) is 0 Å². The van der Waals surface area contributed by atoms with Crippen LogP contribution in [0.4, 0.5) is 0 Å². The van der Waals surface area contributed by atoms with Crippen LogP contribution in [0.2, 0.25) is 0 Å². The third kappa shape index (κ3) is 1.16. The summed E-state index contributed by atoms with van der Waals surface area (Å²) in [5, 5.41) is 1.85. The highest BCUT2D eigenvalue weighted by molar-refractivity contribution is 6.45. The third-order valence-corrected chi connectivity index (χ3v) is 2.43. The molecule has 1 N–H and O–H groups in total. The van der Waals surface area contributed by atoms with Crippen molar-refractivity contribution < 1.29 is 0 Å². The second-order valence-electron chi connectivity index (χ2n) is 3.44. The lowest BCUT2D eigenvalue weighted by Gasteiger charge is -1.99. The molecule has 1 aromatic carbocycles. The maximum atomic E-state index is 5.91. The van der Waals surface area contributed by atoms with E-state index in [1.165, 1.54) is 6.33 Å². The van der Waals surface area contributed by atoms with E-state index in [0.717, 1.165) is 21.9 Å². The highest BCUT2D eigenvalue weighted by Gasteiger charge is 2.06. The summed E-state index contributed by atoms with van der Waals surface area (Å²) in [6, 6.07) is 3.58. The molecule has 0 atom stereocenters. The molecule has 0 aliphatic rings. The van der Waals surface area contributed by atoms with Crippen LogP contribution in [0.15, 0.2) is 24.7 Å². The van der Waals surface area contributed by atoms with Crippen LogP contribution in [0, 0.1) is 0 Å². The van der Waals surface area contributed by atoms with Gasteiger partial charge in [-0.1, -0.05) is 17.0 Å². The summed E-state index contributed by atoms with van der Waals surface area (Å²) >= 11 is 0. The van der Waals surface area contributed by atoms with Gasteiger partial charge in [-0.15, -0.1) is 0 Å². The van der Waals surface area contributed by atoms with Crippen LogP contribution in [-0.2, 0) is 0 Å².